The molecule has 0 unspecified atom stereocenters. The molecule has 0 atom stereocenters. The molecule has 2 rings (SSSR count). The number of nitrogens with zero attached hydrogens (tertiary/aromatic N) is 2. The van der Waals surface area contributed by atoms with Crippen molar-refractivity contribution in [2.24, 2.45) is 0 Å². The number of aromatic nitrogens is 2. The summed E-state index contributed by atoms with van der Waals surface area (Å²) in [4.78, 5) is 0. The number of aryl methyl sites for hydroxylation is 1. The molecule has 4 nitrogen and oxygen atoms in total. The Kier molecular flexibility index (Phi) is 3.22. The number of benzene rings is 1. The summed E-state index contributed by atoms with van der Waals surface area (Å²) in [5, 5.41) is 24.0. The fourth-order valence-electron chi connectivity index (χ4n) is 1.78. The van der Waals surface area contributed by atoms with Gasteiger partial charge < -0.3 is 10.4 Å². The predicted octanol–water partition coefficient (Wildman–Crippen LogP) is 2.90. The van der Waals surface area contributed by atoms with Gasteiger partial charge >= 0.3 is 0 Å². The van der Waals surface area contributed by atoms with E-state index in [4.69, 9.17) is 0 Å². The lowest BCUT2D eigenvalue weighted by molar-refractivity contribution is 0.0239. The van der Waals surface area contributed by atoms with Crippen LogP contribution in [0.25, 0.3) is 10.8 Å². The first kappa shape index (κ1) is 13.7. The first-order valence-corrected chi connectivity index (χ1v) is 6.45. The third-order valence-electron chi connectivity index (χ3n) is 3.83. The molecule has 1 aromatic carbocycles. The number of hydrogen-bond donors (Lipinski definition) is 2. The van der Waals surface area contributed by atoms with E-state index < -0.39 is 11.1 Å². The van der Waals surface area contributed by atoms with Crippen LogP contribution >= 0.6 is 0 Å². The minimum absolute atomic E-state index is 0.514. The Labute approximate surface area is 113 Å². The van der Waals surface area contributed by atoms with Gasteiger partial charge in [0.25, 0.3) is 0 Å². The van der Waals surface area contributed by atoms with Crippen molar-refractivity contribution < 1.29 is 5.11 Å². The summed E-state index contributed by atoms with van der Waals surface area (Å²) in [5.74, 6) is 0.702. The zero-order valence-corrected chi connectivity index (χ0v) is 12.2. The molecule has 0 fully saturated rings. The SMILES string of the molecule is Cc1nnc(NC(C)(C)C(C)(C)O)c2ccccc12. The number of hydrogen-bond acceptors (Lipinski definition) is 4. The minimum Gasteiger partial charge on any atom is -0.388 e. The topological polar surface area (TPSA) is 58.0 Å². The van der Waals surface area contributed by atoms with Gasteiger partial charge in [0.1, 0.15) is 0 Å². The molecule has 0 aliphatic carbocycles. The molecule has 0 amide bonds. The molecule has 0 saturated carbocycles. The maximum absolute atomic E-state index is 10.2. The lowest BCUT2D eigenvalue weighted by atomic mass is 9.86. The summed E-state index contributed by atoms with van der Waals surface area (Å²) in [6, 6.07) is 8.01. The molecule has 102 valence electrons. The highest BCUT2D eigenvalue weighted by Gasteiger charge is 2.35. The van der Waals surface area contributed by atoms with E-state index >= 15 is 0 Å². The summed E-state index contributed by atoms with van der Waals surface area (Å²) >= 11 is 0. The van der Waals surface area contributed by atoms with E-state index in [-0.39, 0.29) is 0 Å². The van der Waals surface area contributed by atoms with Crippen molar-refractivity contribution in [3.63, 3.8) is 0 Å². The van der Waals surface area contributed by atoms with E-state index in [9.17, 15) is 5.11 Å². The summed E-state index contributed by atoms with van der Waals surface area (Å²) in [6.07, 6.45) is 0. The molecule has 1 heterocycles. The number of anilines is 1. The zero-order chi connectivity index (χ0) is 14.3. The van der Waals surface area contributed by atoms with E-state index in [0.29, 0.717) is 5.82 Å². The van der Waals surface area contributed by atoms with Gasteiger partial charge in [-0.1, -0.05) is 24.3 Å². The smallest absolute Gasteiger partial charge is 0.157 e. The van der Waals surface area contributed by atoms with Gasteiger partial charge in [0.15, 0.2) is 5.82 Å². The highest BCUT2D eigenvalue weighted by atomic mass is 16.3. The molecule has 0 bridgehead atoms. The number of nitrogens with one attached hydrogen (secondary N) is 1. The van der Waals surface area contributed by atoms with Gasteiger partial charge in [-0.2, -0.15) is 5.10 Å². The summed E-state index contributed by atoms with van der Waals surface area (Å²) in [7, 11) is 0. The molecule has 0 radical (unpaired) electrons. The molecule has 0 spiro atoms. The van der Waals surface area contributed by atoms with E-state index in [0.717, 1.165) is 16.5 Å². The van der Waals surface area contributed by atoms with Crippen LogP contribution in [-0.2, 0) is 0 Å². The average Bonchev–Trinajstić information content (AvgIpc) is 2.32. The average molecular weight is 259 g/mol. The van der Waals surface area contributed by atoms with Crippen LogP contribution in [0.2, 0.25) is 0 Å². The lowest BCUT2D eigenvalue weighted by Gasteiger charge is -2.38. The third kappa shape index (κ3) is 2.54. The maximum atomic E-state index is 10.2. The standard InChI is InChI=1S/C15H21N3O/c1-10-11-8-6-7-9-12(11)13(18-17-10)16-14(2,3)15(4,5)19/h6-9,19H,1-5H3,(H,16,18). The molecule has 1 aromatic heterocycles. The molecule has 0 aliphatic rings. The third-order valence-corrected chi connectivity index (χ3v) is 3.83. The Hall–Kier alpha value is -1.68. The summed E-state index contributed by atoms with van der Waals surface area (Å²) < 4.78 is 0. The van der Waals surface area contributed by atoms with Gasteiger partial charge in [-0.05, 0) is 34.6 Å². The van der Waals surface area contributed by atoms with Crippen molar-refractivity contribution in [2.45, 2.75) is 45.8 Å². The van der Waals surface area contributed by atoms with Gasteiger partial charge in [-0.3, -0.25) is 0 Å². The van der Waals surface area contributed by atoms with Crippen LogP contribution in [-0.4, -0.2) is 26.4 Å². The quantitative estimate of drug-likeness (QED) is 0.890. The second-order valence-corrected chi connectivity index (χ2v) is 5.99. The predicted molar refractivity (Wildman–Crippen MR) is 78.3 cm³/mol. The Morgan fingerprint density at radius 2 is 1.58 bits per heavy atom. The van der Waals surface area contributed by atoms with Gasteiger partial charge in [-0.15, -0.1) is 5.10 Å². The number of fused-ring (bicyclic) bond motifs is 1. The van der Waals surface area contributed by atoms with Crippen molar-refractivity contribution in [2.75, 3.05) is 5.32 Å². The molecule has 4 heteroatoms. The van der Waals surface area contributed by atoms with Crippen molar-refractivity contribution >= 4 is 16.6 Å². The lowest BCUT2D eigenvalue weighted by Crippen LogP contribution is -2.51. The number of rotatable bonds is 3. The fourth-order valence-corrected chi connectivity index (χ4v) is 1.78. The number of aliphatic hydroxyl groups is 1. The van der Waals surface area contributed by atoms with Crippen molar-refractivity contribution in [3.8, 4) is 0 Å². The second kappa shape index (κ2) is 4.46. The summed E-state index contributed by atoms with van der Waals surface area (Å²) in [5.41, 5.74) is -0.484. The Balaban J connectivity index is 2.51. The van der Waals surface area contributed by atoms with Gasteiger partial charge in [-0.25, -0.2) is 0 Å². The van der Waals surface area contributed by atoms with Gasteiger partial charge in [0, 0.05) is 10.8 Å². The van der Waals surface area contributed by atoms with Crippen molar-refractivity contribution in [1.82, 2.24) is 10.2 Å². The Morgan fingerprint density at radius 1 is 1.00 bits per heavy atom. The normalized spacial score (nSPS) is 12.7. The zero-order valence-electron chi connectivity index (χ0n) is 12.2. The van der Waals surface area contributed by atoms with Crippen LogP contribution in [0.5, 0.6) is 0 Å². The summed E-state index contributed by atoms with van der Waals surface area (Å²) in [6.45, 7) is 9.40. The van der Waals surface area contributed by atoms with E-state index in [2.05, 4.69) is 15.5 Å². The Morgan fingerprint density at radius 3 is 2.16 bits per heavy atom. The second-order valence-electron chi connectivity index (χ2n) is 5.99. The van der Waals surface area contributed by atoms with E-state index in [1.165, 1.54) is 0 Å². The highest BCUT2D eigenvalue weighted by molar-refractivity contribution is 5.93. The van der Waals surface area contributed by atoms with E-state index in [1.54, 1.807) is 13.8 Å². The molecule has 0 aliphatic heterocycles. The maximum Gasteiger partial charge on any atom is 0.157 e. The minimum atomic E-state index is -0.874. The van der Waals surface area contributed by atoms with Crippen LogP contribution in [0.15, 0.2) is 24.3 Å². The highest BCUT2D eigenvalue weighted by Crippen LogP contribution is 2.29. The van der Waals surface area contributed by atoms with Crippen LogP contribution in [0.1, 0.15) is 33.4 Å². The Bertz CT molecular complexity index is 600. The molecule has 19 heavy (non-hydrogen) atoms. The van der Waals surface area contributed by atoms with Crippen LogP contribution in [0.4, 0.5) is 5.82 Å². The molecule has 2 aromatic rings. The van der Waals surface area contributed by atoms with Crippen molar-refractivity contribution in [1.29, 1.82) is 0 Å². The first-order valence-electron chi connectivity index (χ1n) is 6.45. The van der Waals surface area contributed by atoms with Crippen LogP contribution in [0.3, 0.4) is 0 Å². The van der Waals surface area contributed by atoms with Crippen molar-refractivity contribution in [3.05, 3.63) is 30.0 Å². The van der Waals surface area contributed by atoms with Crippen LogP contribution in [0, 0.1) is 6.92 Å². The largest absolute Gasteiger partial charge is 0.388 e. The van der Waals surface area contributed by atoms with Gasteiger partial charge in [0.05, 0.1) is 16.8 Å². The molecule has 2 N–H and O–H groups in total. The van der Waals surface area contributed by atoms with Crippen LogP contribution < -0.4 is 5.32 Å². The molecular formula is C15H21N3O. The fraction of sp³-hybridized carbons (Fsp3) is 0.467. The van der Waals surface area contributed by atoms with E-state index in [1.807, 2.05) is 45.0 Å². The van der Waals surface area contributed by atoms with Gasteiger partial charge in [0.2, 0.25) is 0 Å². The monoisotopic (exact) mass is 259 g/mol. The first-order chi connectivity index (χ1) is 8.72. The molecule has 0 saturated heterocycles. The molecular weight excluding hydrogens is 238 g/mol.